The highest BCUT2D eigenvalue weighted by Crippen LogP contribution is 2.36. The number of nitrogens with one attached hydrogen (secondary N) is 2. The number of ether oxygens (including phenoxy) is 3. The molecule has 0 unspecified atom stereocenters. The molecule has 9 nitrogen and oxygen atoms in total. The third-order valence-corrected chi connectivity index (χ3v) is 7.21. The van der Waals surface area contributed by atoms with Crippen molar-refractivity contribution in [2.75, 3.05) is 31.4 Å². The average Bonchev–Trinajstić information content (AvgIpc) is 3.24. The molecule has 0 bridgehead atoms. The van der Waals surface area contributed by atoms with Gasteiger partial charge < -0.3 is 14.2 Å². The third kappa shape index (κ3) is 4.75. The molecule has 0 saturated heterocycles. The Bertz CT molecular complexity index is 1410. The van der Waals surface area contributed by atoms with Crippen molar-refractivity contribution in [1.82, 2.24) is 4.98 Å². The lowest BCUT2D eigenvalue weighted by Gasteiger charge is -2.12. The van der Waals surface area contributed by atoms with E-state index in [1.54, 1.807) is 36.4 Å². The summed E-state index contributed by atoms with van der Waals surface area (Å²) in [5, 5.41) is 3.09. The van der Waals surface area contributed by atoms with E-state index in [-0.39, 0.29) is 16.1 Å². The molecular weight excluding hydrogens is 478 g/mol. The average molecular weight is 500 g/mol. The largest absolute Gasteiger partial charge is 0.497 e. The topological polar surface area (TPSA) is 116 Å². The fourth-order valence-corrected chi connectivity index (χ4v) is 5.15. The summed E-state index contributed by atoms with van der Waals surface area (Å²) in [4.78, 5) is 17.5. The Kier molecular flexibility index (Phi) is 6.57. The normalized spacial score (nSPS) is 11.1. The number of para-hydroxylation sites is 1. The van der Waals surface area contributed by atoms with Gasteiger partial charge in [0.1, 0.15) is 5.75 Å². The van der Waals surface area contributed by atoms with Gasteiger partial charge in [0, 0.05) is 12.1 Å². The monoisotopic (exact) mass is 499 g/mol. The Morgan fingerprint density at radius 1 is 0.912 bits per heavy atom. The molecular formula is C23H21N3O6S2. The number of fused-ring (bicyclic) bond motifs is 1. The zero-order valence-corrected chi connectivity index (χ0v) is 20.1. The number of rotatable bonds is 8. The predicted molar refractivity (Wildman–Crippen MR) is 131 cm³/mol. The van der Waals surface area contributed by atoms with Gasteiger partial charge in [-0.25, -0.2) is 13.4 Å². The molecule has 4 aromatic rings. The first kappa shape index (κ1) is 23.3. The van der Waals surface area contributed by atoms with Crippen molar-refractivity contribution >= 4 is 48.3 Å². The first-order valence-corrected chi connectivity index (χ1v) is 12.2. The Balaban J connectivity index is 1.59. The van der Waals surface area contributed by atoms with Gasteiger partial charge in [0.05, 0.1) is 47.7 Å². The Hall–Kier alpha value is -3.83. The second kappa shape index (κ2) is 9.57. The van der Waals surface area contributed by atoms with Crippen molar-refractivity contribution in [3.05, 3.63) is 66.2 Å². The first-order valence-electron chi connectivity index (χ1n) is 9.94. The molecule has 2 N–H and O–H groups in total. The minimum absolute atomic E-state index is 0.0394. The maximum absolute atomic E-state index is 13.0. The number of aromatic nitrogens is 1. The molecule has 0 aliphatic heterocycles. The number of benzene rings is 3. The maximum Gasteiger partial charge on any atom is 0.261 e. The van der Waals surface area contributed by atoms with E-state index in [2.05, 4.69) is 15.0 Å². The zero-order valence-electron chi connectivity index (χ0n) is 18.5. The molecule has 0 fully saturated rings. The van der Waals surface area contributed by atoms with Crippen LogP contribution in [-0.4, -0.2) is 40.6 Å². The second-order valence-electron chi connectivity index (χ2n) is 6.97. The second-order valence-corrected chi connectivity index (χ2v) is 9.69. The van der Waals surface area contributed by atoms with Gasteiger partial charge in [-0.2, -0.15) is 0 Å². The van der Waals surface area contributed by atoms with Crippen LogP contribution in [-0.2, 0) is 10.0 Å². The number of carbonyl (C=O) groups excluding carboxylic acids is 1. The molecule has 1 amide bonds. The number of nitrogens with zero attached hydrogens (tertiary/aromatic N) is 1. The summed E-state index contributed by atoms with van der Waals surface area (Å²) >= 11 is 1.26. The number of anilines is 2. The number of amides is 1. The van der Waals surface area contributed by atoms with Crippen molar-refractivity contribution in [1.29, 1.82) is 0 Å². The Morgan fingerprint density at radius 3 is 2.26 bits per heavy atom. The van der Waals surface area contributed by atoms with Gasteiger partial charge >= 0.3 is 0 Å². The van der Waals surface area contributed by atoms with Gasteiger partial charge in [-0.15, -0.1) is 0 Å². The standard InChI is InChI=1S/C23H21N3O6S2/c1-30-14-8-10-15(11-9-14)34(28,29)26-17-7-5-4-6-16(17)22(27)25-23-24-18-12-19(31-2)20(32-3)13-21(18)33-23/h4-13,26H,1-3H3,(H,24,25,27). The van der Waals surface area contributed by atoms with Crippen LogP contribution in [0.3, 0.4) is 0 Å². The number of hydrogen-bond donors (Lipinski definition) is 2. The number of thiazole rings is 1. The van der Waals surface area contributed by atoms with E-state index < -0.39 is 15.9 Å². The summed E-state index contributed by atoms with van der Waals surface area (Å²) in [6, 6.07) is 15.8. The third-order valence-electron chi connectivity index (χ3n) is 4.90. The molecule has 3 aromatic carbocycles. The van der Waals surface area contributed by atoms with Gasteiger partial charge in [-0.1, -0.05) is 23.5 Å². The molecule has 11 heteroatoms. The Morgan fingerprint density at radius 2 is 1.59 bits per heavy atom. The molecule has 0 aliphatic carbocycles. The lowest BCUT2D eigenvalue weighted by atomic mass is 10.2. The summed E-state index contributed by atoms with van der Waals surface area (Å²) in [7, 11) is 0.635. The SMILES string of the molecule is COc1ccc(S(=O)(=O)Nc2ccccc2C(=O)Nc2nc3cc(OC)c(OC)cc3s2)cc1. The minimum Gasteiger partial charge on any atom is -0.497 e. The van der Waals surface area contributed by atoms with Gasteiger partial charge in [-0.05, 0) is 36.4 Å². The molecule has 176 valence electrons. The van der Waals surface area contributed by atoms with Crippen LogP contribution in [0, 0.1) is 0 Å². The van der Waals surface area contributed by atoms with Crippen LogP contribution in [0.15, 0.2) is 65.6 Å². The summed E-state index contributed by atoms with van der Waals surface area (Å²) < 4.78 is 44.7. The van der Waals surface area contributed by atoms with Crippen LogP contribution in [0.1, 0.15) is 10.4 Å². The van der Waals surface area contributed by atoms with Crippen molar-refractivity contribution in [2.45, 2.75) is 4.90 Å². The van der Waals surface area contributed by atoms with E-state index >= 15 is 0 Å². The smallest absolute Gasteiger partial charge is 0.261 e. The van der Waals surface area contributed by atoms with Gasteiger partial charge in [0.25, 0.3) is 15.9 Å². The van der Waals surface area contributed by atoms with E-state index in [9.17, 15) is 13.2 Å². The highest BCUT2D eigenvalue weighted by atomic mass is 32.2. The maximum atomic E-state index is 13.0. The molecule has 34 heavy (non-hydrogen) atoms. The van der Waals surface area contributed by atoms with E-state index in [1.165, 1.54) is 56.9 Å². The predicted octanol–water partition coefficient (Wildman–Crippen LogP) is 4.38. The number of hydrogen-bond acceptors (Lipinski definition) is 8. The van der Waals surface area contributed by atoms with Crippen molar-refractivity contribution in [3.63, 3.8) is 0 Å². The van der Waals surface area contributed by atoms with Gasteiger partial charge in [0.2, 0.25) is 0 Å². The van der Waals surface area contributed by atoms with E-state index in [0.29, 0.717) is 27.9 Å². The number of carbonyl (C=O) groups is 1. The summed E-state index contributed by atoms with van der Waals surface area (Å²) in [5.74, 6) is 1.10. The molecule has 1 heterocycles. The summed E-state index contributed by atoms with van der Waals surface area (Å²) in [6.07, 6.45) is 0. The number of sulfonamides is 1. The van der Waals surface area contributed by atoms with Crippen molar-refractivity contribution in [2.24, 2.45) is 0 Å². The summed E-state index contributed by atoms with van der Waals surface area (Å²) in [5.41, 5.74) is 0.917. The van der Waals surface area contributed by atoms with Crippen LogP contribution in [0.2, 0.25) is 0 Å². The fourth-order valence-electron chi connectivity index (χ4n) is 3.20. The van der Waals surface area contributed by atoms with Crippen molar-refractivity contribution in [3.8, 4) is 17.2 Å². The van der Waals surface area contributed by atoms with Crippen LogP contribution in [0.4, 0.5) is 10.8 Å². The molecule has 0 saturated carbocycles. The van der Waals surface area contributed by atoms with E-state index in [1.807, 2.05) is 0 Å². The minimum atomic E-state index is -3.93. The van der Waals surface area contributed by atoms with Crippen LogP contribution in [0.25, 0.3) is 10.2 Å². The van der Waals surface area contributed by atoms with E-state index in [0.717, 1.165) is 4.70 Å². The molecule has 1 aromatic heterocycles. The van der Waals surface area contributed by atoms with Crippen molar-refractivity contribution < 1.29 is 27.4 Å². The van der Waals surface area contributed by atoms with Crippen LogP contribution >= 0.6 is 11.3 Å². The molecule has 0 radical (unpaired) electrons. The highest BCUT2D eigenvalue weighted by Gasteiger charge is 2.20. The molecule has 0 spiro atoms. The van der Waals surface area contributed by atoms with Crippen LogP contribution in [0.5, 0.6) is 17.2 Å². The molecule has 0 aliphatic rings. The van der Waals surface area contributed by atoms with Crippen LogP contribution < -0.4 is 24.2 Å². The first-order chi connectivity index (χ1) is 16.3. The molecule has 0 atom stereocenters. The Labute approximate surface area is 200 Å². The quantitative estimate of drug-likeness (QED) is 0.370. The lowest BCUT2D eigenvalue weighted by Crippen LogP contribution is -2.18. The summed E-state index contributed by atoms with van der Waals surface area (Å²) in [6.45, 7) is 0. The van der Waals surface area contributed by atoms with Gasteiger partial charge in [0.15, 0.2) is 16.6 Å². The zero-order chi connectivity index (χ0) is 24.3. The van der Waals surface area contributed by atoms with E-state index in [4.69, 9.17) is 14.2 Å². The molecule has 4 rings (SSSR count). The highest BCUT2D eigenvalue weighted by molar-refractivity contribution is 7.92. The number of methoxy groups -OCH3 is 3. The fraction of sp³-hybridized carbons (Fsp3) is 0.130. The van der Waals surface area contributed by atoms with Gasteiger partial charge in [-0.3, -0.25) is 14.8 Å². The lowest BCUT2D eigenvalue weighted by molar-refractivity contribution is 0.102.